The molecule has 0 fully saturated rings. The smallest absolute Gasteiger partial charge is 0.237 e. The van der Waals surface area contributed by atoms with Gasteiger partial charge >= 0.3 is 0 Å². The van der Waals surface area contributed by atoms with E-state index < -0.39 is 0 Å². The molecule has 0 aliphatic rings. The molecule has 0 saturated heterocycles. The normalized spacial score (nSPS) is 9.75. The Hall–Kier alpha value is -2.43. The number of nitrogens with two attached hydrogens (primary N) is 1. The molecule has 0 radical (unpaired) electrons. The number of nitrogen functional groups attached to an aromatic ring is 1. The number of hydrogen-bond donors (Lipinski definition) is 2. The summed E-state index contributed by atoms with van der Waals surface area (Å²) in [5.41, 5.74) is 5.59. The van der Waals surface area contributed by atoms with Crippen molar-refractivity contribution in [2.24, 2.45) is 5.73 Å². The van der Waals surface area contributed by atoms with E-state index in [9.17, 15) is 0 Å². The second-order valence-corrected chi connectivity index (χ2v) is 3.07. The van der Waals surface area contributed by atoms with Gasteiger partial charge in [-0.1, -0.05) is 18.2 Å². The topological polar surface area (TPSA) is 84.9 Å². The summed E-state index contributed by atoms with van der Waals surface area (Å²) in [7, 11) is 0. The van der Waals surface area contributed by atoms with Gasteiger partial charge in [-0.25, -0.2) is 9.97 Å². The van der Waals surface area contributed by atoms with E-state index in [1.165, 1.54) is 12.4 Å². The number of amidine groups is 1. The van der Waals surface area contributed by atoms with Gasteiger partial charge in [0.1, 0.15) is 17.3 Å². The van der Waals surface area contributed by atoms with Crippen molar-refractivity contribution in [3.8, 4) is 11.6 Å². The van der Waals surface area contributed by atoms with Gasteiger partial charge in [-0.15, -0.1) is 0 Å². The Bertz CT molecular complexity index is 481. The molecular formula is C11H10N4O. The van der Waals surface area contributed by atoms with Crippen LogP contribution in [-0.2, 0) is 0 Å². The number of hydrogen-bond acceptors (Lipinski definition) is 4. The average molecular weight is 214 g/mol. The highest BCUT2D eigenvalue weighted by molar-refractivity contribution is 5.92. The van der Waals surface area contributed by atoms with E-state index in [0.29, 0.717) is 17.3 Å². The molecule has 0 aliphatic carbocycles. The highest BCUT2D eigenvalue weighted by Gasteiger charge is 2.01. The first kappa shape index (κ1) is 10.1. The third-order valence-electron chi connectivity index (χ3n) is 1.87. The van der Waals surface area contributed by atoms with E-state index in [1.54, 1.807) is 0 Å². The van der Waals surface area contributed by atoms with Gasteiger partial charge in [-0.05, 0) is 12.1 Å². The van der Waals surface area contributed by atoms with E-state index >= 15 is 0 Å². The number of rotatable bonds is 3. The quantitative estimate of drug-likeness (QED) is 0.599. The van der Waals surface area contributed by atoms with Crippen LogP contribution in [0.2, 0.25) is 0 Å². The third-order valence-corrected chi connectivity index (χ3v) is 1.87. The van der Waals surface area contributed by atoms with Gasteiger partial charge in [0.2, 0.25) is 5.88 Å². The average Bonchev–Trinajstić information content (AvgIpc) is 2.31. The lowest BCUT2D eigenvalue weighted by atomic mass is 10.3. The number of para-hydroxylation sites is 1. The van der Waals surface area contributed by atoms with Gasteiger partial charge in [0.05, 0.1) is 12.4 Å². The molecule has 0 aliphatic heterocycles. The molecule has 0 bridgehead atoms. The van der Waals surface area contributed by atoms with E-state index in [-0.39, 0.29) is 5.84 Å². The molecule has 3 N–H and O–H groups in total. The fourth-order valence-corrected chi connectivity index (χ4v) is 1.12. The molecule has 5 nitrogen and oxygen atoms in total. The molecule has 0 saturated carbocycles. The Morgan fingerprint density at radius 1 is 1.12 bits per heavy atom. The molecule has 2 rings (SSSR count). The zero-order chi connectivity index (χ0) is 11.4. The van der Waals surface area contributed by atoms with Crippen LogP contribution in [0.15, 0.2) is 42.7 Å². The van der Waals surface area contributed by atoms with Crippen LogP contribution in [0.3, 0.4) is 0 Å². The number of aromatic nitrogens is 2. The summed E-state index contributed by atoms with van der Waals surface area (Å²) >= 11 is 0. The van der Waals surface area contributed by atoms with E-state index in [4.69, 9.17) is 15.9 Å². The predicted molar refractivity (Wildman–Crippen MR) is 59.6 cm³/mol. The van der Waals surface area contributed by atoms with Crippen LogP contribution in [0.5, 0.6) is 11.6 Å². The van der Waals surface area contributed by atoms with Crippen molar-refractivity contribution in [3.63, 3.8) is 0 Å². The van der Waals surface area contributed by atoms with Crippen molar-refractivity contribution in [3.05, 3.63) is 48.4 Å². The van der Waals surface area contributed by atoms with E-state index in [2.05, 4.69) is 9.97 Å². The number of nitrogens with one attached hydrogen (secondary N) is 1. The van der Waals surface area contributed by atoms with Crippen molar-refractivity contribution >= 4 is 5.84 Å². The molecule has 1 heterocycles. The maximum Gasteiger partial charge on any atom is 0.237 e. The van der Waals surface area contributed by atoms with Crippen LogP contribution in [0, 0.1) is 5.41 Å². The van der Waals surface area contributed by atoms with Crippen LogP contribution >= 0.6 is 0 Å². The molecule has 16 heavy (non-hydrogen) atoms. The largest absolute Gasteiger partial charge is 0.438 e. The van der Waals surface area contributed by atoms with Crippen molar-refractivity contribution in [1.82, 2.24) is 9.97 Å². The van der Waals surface area contributed by atoms with E-state index in [0.717, 1.165) is 0 Å². The third kappa shape index (κ3) is 2.33. The van der Waals surface area contributed by atoms with Crippen molar-refractivity contribution < 1.29 is 4.74 Å². The minimum absolute atomic E-state index is 0.112. The first-order chi connectivity index (χ1) is 7.75. The summed E-state index contributed by atoms with van der Waals surface area (Å²) in [6.45, 7) is 0. The van der Waals surface area contributed by atoms with Crippen molar-refractivity contribution in [1.29, 1.82) is 5.41 Å². The van der Waals surface area contributed by atoms with Crippen LogP contribution in [0.4, 0.5) is 0 Å². The summed E-state index contributed by atoms with van der Waals surface area (Å²) in [6.07, 6.45) is 2.84. The Balaban J connectivity index is 2.14. The monoisotopic (exact) mass is 214 g/mol. The Labute approximate surface area is 92.4 Å². The van der Waals surface area contributed by atoms with Crippen LogP contribution in [-0.4, -0.2) is 15.8 Å². The van der Waals surface area contributed by atoms with Crippen LogP contribution in [0.1, 0.15) is 5.69 Å². The highest BCUT2D eigenvalue weighted by Crippen LogP contribution is 2.17. The molecule has 0 spiro atoms. The fraction of sp³-hybridized carbons (Fsp3) is 0. The SMILES string of the molecule is N=C(N)c1cnc(Oc2ccccc2)cn1. The summed E-state index contributed by atoms with van der Waals surface area (Å²) in [5.74, 6) is 0.947. The molecule has 2 aromatic rings. The second-order valence-electron chi connectivity index (χ2n) is 3.07. The number of nitrogens with zero attached hydrogens (tertiary/aromatic N) is 2. The lowest BCUT2D eigenvalue weighted by Gasteiger charge is -2.03. The van der Waals surface area contributed by atoms with Gasteiger partial charge in [-0.3, -0.25) is 5.41 Å². The lowest BCUT2D eigenvalue weighted by Crippen LogP contribution is -2.13. The van der Waals surface area contributed by atoms with E-state index in [1.807, 2.05) is 30.3 Å². The van der Waals surface area contributed by atoms with Crippen LogP contribution in [0.25, 0.3) is 0 Å². The second kappa shape index (κ2) is 4.39. The van der Waals surface area contributed by atoms with Gasteiger partial charge in [0.15, 0.2) is 0 Å². The highest BCUT2D eigenvalue weighted by atomic mass is 16.5. The lowest BCUT2D eigenvalue weighted by molar-refractivity contribution is 0.460. The minimum atomic E-state index is -0.112. The maximum atomic E-state index is 7.16. The predicted octanol–water partition coefficient (Wildman–Crippen LogP) is 1.55. The molecule has 5 heteroatoms. The molecule has 0 unspecified atom stereocenters. The summed E-state index contributed by atoms with van der Waals surface area (Å²) in [5, 5.41) is 7.16. The Kier molecular flexibility index (Phi) is 2.77. The van der Waals surface area contributed by atoms with Gasteiger partial charge in [-0.2, -0.15) is 0 Å². The molecule has 0 atom stereocenters. The number of ether oxygens (including phenoxy) is 1. The molecule has 1 aromatic heterocycles. The fourth-order valence-electron chi connectivity index (χ4n) is 1.12. The summed E-state index contributed by atoms with van der Waals surface area (Å²) < 4.78 is 5.43. The minimum Gasteiger partial charge on any atom is -0.438 e. The summed E-state index contributed by atoms with van der Waals surface area (Å²) in [6, 6.07) is 9.28. The Morgan fingerprint density at radius 2 is 1.88 bits per heavy atom. The summed E-state index contributed by atoms with van der Waals surface area (Å²) in [4.78, 5) is 7.93. The molecular weight excluding hydrogens is 204 g/mol. The molecule has 1 aromatic carbocycles. The van der Waals surface area contributed by atoms with Gasteiger partial charge < -0.3 is 10.5 Å². The Morgan fingerprint density at radius 3 is 2.44 bits per heavy atom. The van der Waals surface area contributed by atoms with Crippen molar-refractivity contribution in [2.45, 2.75) is 0 Å². The first-order valence-electron chi connectivity index (χ1n) is 4.65. The van der Waals surface area contributed by atoms with Crippen LogP contribution < -0.4 is 10.5 Å². The van der Waals surface area contributed by atoms with Crippen molar-refractivity contribution in [2.75, 3.05) is 0 Å². The standard InChI is InChI=1S/C11H10N4O/c12-11(13)9-6-15-10(7-14-9)16-8-4-2-1-3-5-8/h1-7H,(H3,12,13). The van der Waals surface area contributed by atoms with Gasteiger partial charge in [0, 0.05) is 0 Å². The zero-order valence-corrected chi connectivity index (χ0v) is 8.42. The zero-order valence-electron chi connectivity index (χ0n) is 8.42. The number of benzene rings is 1. The maximum absolute atomic E-state index is 7.16. The molecule has 80 valence electrons. The van der Waals surface area contributed by atoms with Gasteiger partial charge in [0.25, 0.3) is 0 Å². The first-order valence-corrected chi connectivity index (χ1v) is 4.65. The molecule has 0 amide bonds.